The first kappa shape index (κ1) is 16.8. The van der Waals surface area contributed by atoms with Crippen molar-refractivity contribution in [3.63, 3.8) is 0 Å². The summed E-state index contributed by atoms with van der Waals surface area (Å²) in [5, 5.41) is 0. The molecule has 0 spiro atoms. The van der Waals surface area contributed by atoms with Crippen molar-refractivity contribution in [2.24, 2.45) is 0 Å². The maximum absolute atomic E-state index is 11.9. The first-order valence-electron chi connectivity index (χ1n) is 5.22. The highest BCUT2D eigenvalue weighted by Gasteiger charge is 2.11. The third-order valence-corrected chi connectivity index (χ3v) is 7.81. The summed E-state index contributed by atoms with van der Waals surface area (Å²) in [5.41, 5.74) is 0. The van der Waals surface area contributed by atoms with Crippen molar-refractivity contribution < 1.29 is 25.8 Å². The molecular weight excluding hydrogens is 292 g/mol. The molecule has 0 aromatic carbocycles. The smallest absolute Gasteiger partial charge is 0.298 e. The van der Waals surface area contributed by atoms with Crippen LogP contribution in [0.4, 0.5) is 13.2 Å². The molecule has 0 saturated carbocycles. The highest BCUT2D eigenvalue weighted by Crippen LogP contribution is 2.38. The minimum absolute atomic E-state index is 0.390. The van der Waals surface area contributed by atoms with E-state index < -0.39 is 37.9 Å². The van der Waals surface area contributed by atoms with Crippen molar-refractivity contribution in [1.82, 2.24) is 0 Å². The second-order valence-electron chi connectivity index (χ2n) is 2.85. The van der Waals surface area contributed by atoms with Gasteiger partial charge in [-0.2, -0.15) is 0 Å². The Balaban J connectivity index is 3.58. The van der Waals surface area contributed by atoms with Crippen molar-refractivity contribution in [3.05, 3.63) is 0 Å². The van der Waals surface area contributed by atoms with Crippen molar-refractivity contribution in [3.8, 4) is 0 Å². The van der Waals surface area contributed by atoms with Crippen molar-refractivity contribution in [1.29, 1.82) is 0 Å². The average molecular weight is 310 g/mol. The van der Waals surface area contributed by atoms with Gasteiger partial charge in [-0.05, 0) is 18.1 Å². The molecule has 0 atom stereocenters. The Bertz CT molecular complexity index is 128. The molecule has 0 fully saturated rings. The van der Waals surface area contributed by atoms with Crippen LogP contribution in [-0.2, 0) is 12.6 Å². The van der Waals surface area contributed by atoms with E-state index in [4.69, 9.17) is 12.6 Å². The Morgan fingerprint density at radius 1 is 0.688 bits per heavy atom. The van der Waals surface area contributed by atoms with Crippen LogP contribution in [0, 0.1) is 0 Å². The molecule has 0 aromatic heterocycles. The van der Waals surface area contributed by atoms with E-state index >= 15 is 0 Å². The van der Waals surface area contributed by atoms with Crippen molar-refractivity contribution >= 4 is 37.9 Å². The summed E-state index contributed by atoms with van der Waals surface area (Å²) in [6, 6.07) is 1.29. The lowest BCUT2D eigenvalue weighted by molar-refractivity contribution is 0.406. The Labute approximate surface area is 102 Å². The summed E-state index contributed by atoms with van der Waals surface area (Å²) >= 11 is 0. The van der Waals surface area contributed by atoms with Crippen LogP contribution in [0.2, 0.25) is 18.1 Å². The number of halogens is 3. The van der Waals surface area contributed by atoms with Gasteiger partial charge in [0.15, 0.2) is 29.3 Å². The lowest BCUT2D eigenvalue weighted by Gasteiger charge is -2.16. The maximum Gasteiger partial charge on any atom is 0.298 e. The van der Waals surface area contributed by atoms with Crippen LogP contribution in [0.5, 0.6) is 0 Å². The van der Waals surface area contributed by atoms with Gasteiger partial charge in [0, 0.05) is 0 Å². The van der Waals surface area contributed by atoms with Crippen LogP contribution in [0.3, 0.4) is 0 Å². The highest BCUT2D eigenvalue weighted by molar-refractivity contribution is 7.45. The second-order valence-corrected chi connectivity index (χ2v) is 9.74. The number of rotatable bonds is 12. The third kappa shape index (κ3) is 11.2. The lowest BCUT2D eigenvalue weighted by atomic mass is 10.9. The van der Waals surface area contributed by atoms with Gasteiger partial charge in [-0.25, -0.2) is 0 Å². The van der Waals surface area contributed by atoms with Crippen LogP contribution in [0.1, 0.15) is 0 Å². The Morgan fingerprint density at radius 3 is 1.25 bits per heavy atom. The van der Waals surface area contributed by atoms with Crippen LogP contribution in [0.25, 0.3) is 0 Å². The van der Waals surface area contributed by atoms with E-state index in [1.54, 1.807) is 0 Å². The molecule has 0 N–H and O–H groups in total. The highest BCUT2D eigenvalue weighted by atomic mass is 31.2. The van der Waals surface area contributed by atoms with Crippen LogP contribution < -0.4 is 0 Å². The van der Waals surface area contributed by atoms with Gasteiger partial charge < -0.3 is 12.6 Å². The van der Waals surface area contributed by atoms with E-state index in [0.717, 1.165) is 0 Å². The number of hydrogen-bond donors (Lipinski definition) is 0. The van der Waals surface area contributed by atoms with Crippen molar-refractivity contribution in [2.75, 3.05) is 20.0 Å². The fourth-order valence-electron chi connectivity index (χ4n) is 0.693. The molecule has 16 heavy (non-hydrogen) atoms. The van der Waals surface area contributed by atoms with Gasteiger partial charge in [0.25, 0.3) is 8.60 Å². The molecule has 0 rings (SSSR count). The van der Waals surface area contributed by atoms with Gasteiger partial charge in [0.2, 0.25) is 0 Å². The largest absolute Gasteiger partial charge is 0.363 e. The van der Waals surface area contributed by atoms with Crippen LogP contribution in [0.15, 0.2) is 0 Å². The molecule has 3 nitrogen and oxygen atoms in total. The van der Waals surface area contributed by atoms with E-state index in [9.17, 15) is 13.2 Å². The molecule has 0 aliphatic carbocycles. The maximum atomic E-state index is 11.9. The van der Waals surface area contributed by atoms with E-state index in [0.29, 0.717) is 18.1 Å². The molecule has 0 saturated heterocycles. The summed E-state index contributed by atoms with van der Waals surface area (Å²) in [5.74, 6) is 0. The normalized spacial score (nSPS) is 15.2. The molecule has 0 aromatic rings. The molecule has 0 aliphatic rings. The molecule has 0 bridgehead atoms. The monoisotopic (exact) mass is 310 g/mol. The fraction of sp³-hybridized carbons (Fsp3) is 1.00. The third-order valence-electron chi connectivity index (χ3n) is 1.42. The first-order chi connectivity index (χ1) is 7.85. The lowest BCUT2D eigenvalue weighted by Crippen LogP contribution is -2.05. The average Bonchev–Trinajstić information content (AvgIpc) is 2.29. The molecule has 10 heteroatoms. The standard InChI is InChI=1S/C6H18F3O3PSi3/c7-1-4-14-10-13(11-15-5-2-8)12-16-6-3-9/h1-6,14-16H2. The summed E-state index contributed by atoms with van der Waals surface area (Å²) in [6.07, 6.45) is 0. The number of alkyl halides is 3. The molecule has 98 valence electrons. The predicted octanol–water partition coefficient (Wildman–Crippen LogP) is 0.678. The summed E-state index contributed by atoms with van der Waals surface area (Å²) in [4.78, 5) is 0. The zero-order chi connectivity index (χ0) is 12.1. The van der Waals surface area contributed by atoms with E-state index in [1.807, 2.05) is 0 Å². The van der Waals surface area contributed by atoms with E-state index in [2.05, 4.69) is 0 Å². The van der Waals surface area contributed by atoms with E-state index in [-0.39, 0.29) is 20.0 Å². The Kier molecular flexibility index (Phi) is 14.5. The molecule has 0 amide bonds. The zero-order valence-electron chi connectivity index (χ0n) is 9.17. The van der Waals surface area contributed by atoms with Crippen LogP contribution >= 0.6 is 8.60 Å². The molecule has 0 radical (unpaired) electrons. The zero-order valence-corrected chi connectivity index (χ0v) is 14.3. The quantitative estimate of drug-likeness (QED) is 0.301. The molecule has 0 unspecified atom stereocenters. The first-order valence-corrected chi connectivity index (χ1v) is 11.0. The minimum Gasteiger partial charge on any atom is -0.363 e. The molecule has 0 aliphatic heterocycles. The number of hydrogen-bond acceptors (Lipinski definition) is 3. The van der Waals surface area contributed by atoms with Gasteiger partial charge in [0.1, 0.15) is 0 Å². The Morgan fingerprint density at radius 2 is 1.00 bits per heavy atom. The summed E-state index contributed by atoms with van der Waals surface area (Å²) < 4.78 is 51.5. The van der Waals surface area contributed by atoms with Gasteiger partial charge in [-0.1, -0.05) is 0 Å². The molecule has 0 heterocycles. The van der Waals surface area contributed by atoms with Crippen LogP contribution in [-0.4, -0.2) is 49.3 Å². The van der Waals surface area contributed by atoms with Gasteiger partial charge in [-0.3, -0.25) is 13.2 Å². The fourth-order valence-corrected chi connectivity index (χ4v) is 7.26. The van der Waals surface area contributed by atoms with Gasteiger partial charge in [0.05, 0.1) is 20.0 Å². The predicted molar refractivity (Wildman–Crippen MR) is 68.2 cm³/mol. The second kappa shape index (κ2) is 13.8. The van der Waals surface area contributed by atoms with Gasteiger partial charge in [-0.15, -0.1) is 0 Å². The van der Waals surface area contributed by atoms with Crippen molar-refractivity contribution in [2.45, 2.75) is 18.1 Å². The van der Waals surface area contributed by atoms with E-state index in [1.165, 1.54) is 0 Å². The Hall–Kier alpha value is 0.751. The topological polar surface area (TPSA) is 27.7 Å². The summed E-state index contributed by atoms with van der Waals surface area (Å²) in [6.45, 7) is -1.17. The SMILES string of the molecule is FCC[SiH2]OP(O[SiH2]CCF)O[SiH2]CCF. The minimum atomic E-state index is -1.41. The summed E-state index contributed by atoms with van der Waals surface area (Å²) in [7, 11) is -4.24. The molecular formula is C6H18F3O3PSi3. The van der Waals surface area contributed by atoms with Gasteiger partial charge >= 0.3 is 0 Å².